The molecule has 0 aliphatic rings. The average molecular weight is 242 g/mol. The van der Waals surface area contributed by atoms with E-state index in [-0.39, 0.29) is 11.8 Å². The van der Waals surface area contributed by atoms with Gasteiger partial charge in [0.05, 0.1) is 5.69 Å². The summed E-state index contributed by atoms with van der Waals surface area (Å²) in [5.41, 5.74) is 1.52. The van der Waals surface area contributed by atoms with Crippen LogP contribution >= 0.6 is 11.6 Å². The maximum atomic E-state index is 11.7. The van der Waals surface area contributed by atoms with E-state index in [1.54, 1.807) is 12.3 Å². The van der Waals surface area contributed by atoms with Gasteiger partial charge in [-0.1, -0.05) is 18.5 Å². The Morgan fingerprint density at radius 1 is 1.62 bits per heavy atom. The van der Waals surface area contributed by atoms with Crippen LogP contribution in [0.15, 0.2) is 12.3 Å². The zero-order chi connectivity index (χ0) is 12.1. The molecule has 0 bridgehead atoms. The van der Waals surface area contributed by atoms with Crippen molar-refractivity contribution in [3.8, 4) is 0 Å². The second kappa shape index (κ2) is 5.82. The van der Waals surface area contributed by atoms with E-state index >= 15 is 0 Å². The number of nitrogens with one attached hydrogen (secondary N) is 2. The fourth-order valence-electron chi connectivity index (χ4n) is 1.29. The third kappa shape index (κ3) is 3.47. The minimum atomic E-state index is -0.110. The van der Waals surface area contributed by atoms with E-state index in [1.165, 1.54) is 0 Å². The summed E-state index contributed by atoms with van der Waals surface area (Å²) in [6.45, 7) is 4.38. The Hall–Kier alpha value is -1.13. The molecule has 0 spiro atoms. The molecule has 2 N–H and O–H groups in total. The predicted octanol–water partition coefficient (Wildman–Crippen LogP) is 1.84. The first-order valence-corrected chi connectivity index (χ1v) is 5.50. The highest BCUT2D eigenvalue weighted by Crippen LogP contribution is 2.20. The average Bonchev–Trinajstić information content (AvgIpc) is 2.23. The Kier molecular flexibility index (Phi) is 4.71. The first kappa shape index (κ1) is 12.9. The number of carbonyl (C=O) groups is 1. The monoisotopic (exact) mass is 241 g/mol. The van der Waals surface area contributed by atoms with Gasteiger partial charge in [0.25, 0.3) is 0 Å². The van der Waals surface area contributed by atoms with Crippen molar-refractivity contribution in [2.24, 2.45) is 5.92 Å². The molecule has 1 unspecified atom stereocenters. The Bertz CT molecular complexity index is 381. The summed E-state index contributed by atoms with van der Waals surface area (Å²) in [7, 11) is 1.81. The molecule has 1 amide bonds. The summed E-state index contributed by atoms with van der Waals surface area (Å²) in [6, 6.07) is 1.80. The smallest absolute Gasteiger partial charge is 0.228 e. The highest BCUT2D eigenvalue weighted by molar-refractivity contribution is 6.32. The third-order valence-electron chi connectivity index (χ3n) is 2.19. The number of amides is 1. The normalized spacial score (nSPS) is 12.2. The van der Waals surface area contributed by atoms with Crippen molar-refractivity contribution in [2.75, 3.05) is 18.9 Å². The van der Waals surface area contributed by atoms with Crippen molar-refractivity contribution in [3.05, 3.63) is 23.0 Å². The summed E-state index contributed by atoms with van der Waals surface area (Å²) < 4.78 is 0. The summed E-state index contributed by atoms with van der Waals surface area (Å²) >= 11 is 5.88. The van der Waals surface area contributed by atoms with E-state index in [2.05, 4.69) is 15.6 Å². The van der Waals surface area contributed by atoms with Gasteiger partial charge in [-0.3, -0.25) is 4.79 Å². The van der Waals surface area contributed by atoms with Gasteiger partial charge < -0.3 is 10.6 Å². The van der Waals surface area contributed by atoms with Gasteiger partial charge in [0.2, 0.25) is 5.91 Å². The van der Waals surface area contributed by atoms with Crippen molar-refractivity contribution in [2.45, 2.75) is 13.8 Å². The quantitative estimate of drug-likeness (QED) is 0.791. The Morgan fingerprint density at radius 3 is 2.94 bits per heavy atom. The summed E-state index contributed by atoms with van der Waals surface area (Å²) in [5.74, 6) is -0.176. The van der Waals surface area contributed by atoms with E-state index in [9.17, 15) is 4.79 Å². The molecule has 0 saturated carbocycles. The lowest BCUT2D eigenvalue weighted by Gasteiger charge is -2.12. The van der Waals surface area contributed by atoms with E-state index in [4.69, 9.17) is 11.6 Å². The highest BCUT2D eigenvalue weighted by Gasteiger charge is 2.13. The number of halogens is 1. The van der Waals surface area contributed by atoms with Crippen molar-refractivity contribution in [3.63, 3.8) is 0 Å². The molecule has 0 fully saturated rings. The van der Waals surface area contributed by atoms with Crippen LogP contribution in [-0.4, -0.2) is 24.5 Å². The van der Waals surface area contributed by atoms with Crippen molar-refractivity contribution in [1.29, 1.82) is 0 Å². The minimum Gasteiger partial charge on any atom is -0.323 e. The lowest BCUT2D eigenvalue weighted by Crippen LogP contribution is -2.28. The van der Waals surface area contributed by atoms with Gasteiger partial charge in [-0.05, 0) is 25.6 Å². The fourth-order valence-corrected chi connectivity index (χ4v) is 1.45. The van der Waals surface area contributed by atoms with Gasteiger partial charge in [0, 0.05) is 18.7 Å². The third-order valence-corrected chi connectivity index (χ3v) is 2.49. The predicted molar refractivity (Wildman–Crippen MR) is 65.7 cm³/mol. The van der Waals surface area contributed by atoms with Crippen LogP contribution in [0.4, 0.5) is 5.69 Å². The van der Waals surface area contributed by atoms with Crippen molar-refractivity contribution < 1.29 is 4.79 Å². The van der Waals surface area contributed by atoms with Crippen LogP contribution in [0, 0.1) is 12.8 Å². The molecular weight excluding hydrogens is 226 g/mol. The van der Waals surface area contributed by atoms with Crippen LogP contribution in [-0.2, 0) is 4.79 Å². The maximum Gasteiger partial charge on any atom is 0.228 e. The molecule has 1 rings (SSSR count). The van der Waals surface area contributed by atoms with Crippen LogP contribution in [0.3, 0.4) is 0 Å². The summed E-state index contributed by atoms with van der Waals surface area (Å²) in [6.07, 6.45) is 1.66. The second-order valence-electron chi connectivity index (χ2n) is 3.80. The van der Waals surface area contributed by atoms with E-state index in [0.717, 1.165) is 5.56 Å². The highest BCUT2D eigenvalue weighted by atomic mass is 35.5. The first-order chi connectivity index (χ1) is 7.54. The Labute approximate surface area is 100 Å². The number of aromatic nitrogens is 1. The van der Waals surface area contributed by atoms with Gasteiger partial charge in [0.15, 0.2) is 5.15 Å². The van der Waals surface area contributed by atoms with Gasteiger partial charge >= 0.3 is 0 Å². The van der Waals surface area contributed by atoms with Gasteiger partial charge in [-0.2, -0.15) is 0 Å². The molecule has 5 heteroatoms. The fraction of sp³-hybridized carbons (Fsp3) is 0.455. The van der Waals surface area contributed by atoms with Gasteiger partial charge in [0.1, 0.15) is 0 Å². The Morgan fingerprint density at radius 2 is 2.31 bits per heavy atom. The number of carbonyl (C=O) groups excluding carboxylic acids is 1. The zero-order valence-electron chi connectivity index (χ0n) is 9.67. The number of nitrogens with zero attached hydrogens (tertiary/aromatic N) is 1. The molecule has 1 aromatic heterocycles. The number of hydrogen-bond donors (Lipinski definition) is 2. The molecule has 0 aliphatic carbocycles. The second-order valence-corrected chi connectivity index (χ2v) is 4.16. The topological polar surface area (TPSA) is 54.0 Å². The number of pyridine rings is 1. The molecule has 88 valence electrons. The SMILES string of the molecule is CNCC(C)C(=O)Nc1cc(C)cnc1Cl. The largest absolute Gasteiger partial charge is 0.323 e. The van der Waals surface area contributed by atoms with E-state index < -0.39 is 0 Å². The molecular formula is C11H16ClN3O. The Balaban J connectivity index is 2.72. The van der Waals surface area contributed by atoms with E-state index in [1.807, 2.05) is 20.9 Å². The van der Waals surface area contributed by atoms with Crippen LogP contribution < -0.4 is 10.6 Å². The van der Waals surface area contributed by atoms with Crippen LogP contribution in [0.25, 0.3) is 0 Å². The van der Waals surface area contributed by atoms with Crippen LogP contribution in [0.5, 0.6) is 0 Å². The van der Waals surface area contributed by atoms with Crippen LogP contribution in [0.1, 0.15) is 12.5 Å². The lowest BCUT2D eigenvalue weighted by molar-refractivity contribution is -0.119. The van der Waals surface area contributed by atoms with Crippen LogP contribution in [0.2, 0.25) is 5.15 Å². The molecule has 0 aromatic carbocycles. The molecule has 0 saturated heterocycles. The van der Waals surface area contributed by atoms with Crippen molar-refractivity contribution in [1.82, 2.24) is 10.3 Å². The molecule has 16 heavy (non-hydrogen) atoms. The summed E-state index contributed by atoms with van der Waals surface area (Å²) in [5, 5.41) is 6.03. The standard InChI is InChI=1S/C11H16ClN3O/c1-7-4-9(10(12)14-5-7)15-11(16)8(2)6-13-3/h4-5,8,13H,6H2,1-3H3,(H,15,16). The zero-order valence-corrected chi connectivity index (χ0v) is 10.4. The minimum absolute atomic E-state index is 0.0661. The molecule has 4 nitrogen and oxygen atoms in total. The van der Waals surface area contributed by atoms with Gasteiger partial charge in [-0.25, -0.2) is 4.98 Å². The lowest BCUT2D eigenvalue weighted by atomic mass is 10.1. The molecule has 0 aliphatic heterocycles. The number of rotatable bonds is 4. The van der Waals surface area contributed by atoms with Gasteiger partial charge in [-0.15, -0.1) is 0 Å². The van der Waals surface area contributed by atoms with Crippen molar-refractivity contribution >= 4 is 23.2 Å². The first-order valence-electron chi connectivity index (χ1n) is 5.12. The number of hydrogen-bond acceptors (Lipinski definition) is 3. The molecule has 0 radical (unpaired) electrons. The van der Waals surface area contributed by atoms with E-state index in [0.29, 0.717) is 17.4 Å². The maximum absolute atomic E-state index is 11.7. The number of anilines is 1. The number of aryl methyl sites for hydroxylation is 1. The molecule has 1 atom stereocenters. The molecule has 1 aromatic rings. The molecule has 1 heterocycles. The summed E-state index contributed by atoms with van der Waals surface area (Å²) in [4.78, 5) is 15.7.